The highest BCUT2D eigenvalue weighted by Crippen LogP contribution is 2.31. The molecule has 126 valence electrons. The molecule has 23 heavy (non-hydrogen) atoms. The number of hydrogen-bond donors (Lipinski definition) is 1. The minimum absolute atomic E-state index is 0.458. The zero-order valence-electron chi connectivity index (χ0n) is 14.2. The van der Waals surface area contributed by atoms with E-state index in [1.807, 2.05) is 0 Å². The Kier molecular flexibility index (Phi) is 4.01. The molecule has 1 aliphatic heterocycles. The van der Waals surface area contributed by atoms with Crippen molar-refractivity contribution in [3.05, 3.63) is 17.3 Å². The van der Waals surface area contributed by atoms with Crippen LogP contribution in [0.25, 0.3) is 0 Å². The van der Waals surface area contributed by atoms with Gasteiger partial charge >= 0.3 is 0 Å². The number of aliphatic hydroxyl groups is 1. The third-order valence-corrected chi connectivity index (χ3v) is 5.94. The molecule has 1 aromatic heterocycles. The third-order valence-electron chi connectivity index (χ3n) is 5.94. The lowest BCUT2D eigenvalue weighted by Crippen LogP contribution is -2.61. The summed E-state index contributed by atoms with van der Waals surface area (Å²) in [4.78, 5) is 4.67. The van der Waals surface area contributed by atoms with Crippen LogP contribution in [0.3, 0.4) is 0 Å². The number of fused-ring (bicyclic) bond motifs is 1. The van der Waals surface area contributed by atoms with Crippen LogP contribution >= 0.6 is 0 Å². The van der Waals surface area contributed by atoms with Crippen LogP contribution in [0.4, 0.5) is 5.82 Å². The molecule has 1 aromatic rings. The van der Waals surface area contributed by atoms with Gasteiger partial charge in [0, 0.05) is 25.7 Å². The van der Waals surface area contributed by atoms with Crippen molar-refractivity contribution < 1.29 is 5.11 Å². The van der Waals surface area contributed by atoms with E-state index in [2.05, 4.69) is 33.1 Å². The summed E-state index contributed by atoms with van der Waals surface area (Å²) in [5, 5.41) is 19.5. The first-order chi connectivity index (χ1) is 11.1. The molecule has 3 aliphatic rings. The molecule has 0 bridgehead atoms. The highest BCUT2D eigenvalue weighted by Gasteiger charge is 2.37. The van der Waals surface area contributed by atoms with E-state index >= 15 is 0 Å². The van der Waals surface area contributed by atoms with Crippen LogP contribution in [-0.2, 0) is 12.8 Å². The van der Waals surface area contributed by atoms with Gasteiger partial charge in [0.1, 0.15) is 0 Å². The molecule has 5 nitrogen and oxygen atoms in total. The zero-order valence-corrected chi connectivity index (χ0v) is 14.2. The number of anilines is 1. The molecule has 5 heteroatoms. The number of likely N-dealkylation sites (N-methyl/N-ethyl adjacent to an activating group) is 1. The van der Waals surface area contributed by atoms with Gasteiger partial charge in [0.2, 0.25) is 0 Å². The van der Waals surface area contributed by atoms with E-state index in [0.717, 1.165) is 51.1 Å². The fourth-order valence-corrected chi connectivity index (χ4v) is 4.35. The molecule has 0 spiro atoms. The molecule has 0 atom stereocenters. The van der Waals surface area contributed by atoms with E-state index in [4.69, 9.17) is 0 Å². The highest BCUT2D eigenvalue weighted by molar-refractivity contribution is 5.45. The molecule has 1 N–H and O–H groups in total. The SMILES string of the molecule is CN(CC1(O)CCCCC1)C1CN(c2cc3c(nn2)CCC3)C1. The molecule has 0 amide bonds. The summed E-state index contributed by atoms with van der Waals surface area (Å²) in [5.41, 5.74) is 2.13. The predicted molar refractivity (Wildman–Crippen MR) is 90.7 cm³/mol. The molecule has 2 aliphatic carbocycles. The van der Waals surface area contributed by atoms with Gasteiger partial charge in [-0.25, -0.2) is 0 Å². The Morgan fingerprint density at radius 1 is 1.17 bits per heavy atom. The monoisotopic (exact) mass is 316 g/mol. The van der Waals surface area contributed by atoms with E-state index in [1.54, 1.807) is 0 Å². The van der Waals surface area contributed by atoms with E-state index in [-0.39, 0.29) is 0 Å². The maximum Gasteiger partial charge on any atom is 0.151 e. The smallest absolute Gasteiger partial charge is 0.151 e. The fourth-order valence-electron chi connectivity index (χ4n) is 4.35. The van der Waals surface area contributed by atoms with Crippen LogP contribution in [0.15, 0.2) is 6.07 Å². The van der Waals surface area contributed by atoms with Crippen LogP contribution in [0.5, 0.6) is 0 Å². The lowest BCUT2D eigenvalue weighted by Gasteiger charge is -2.47. The van der Waals surface area contributed by atoms with Crippen LogP contribution in [0.2, 0.25) is 0 Å². The van der Waals surface area contributed by atoms with Gasteiger partial charge in [-0.1, -0.05) is 19.3 Å². The maximum absolute atomic E-state index is 10.7. The van der Waals surface area contributed by atoms with Crippen molar-refractivity contribution in [1.82, 2.24) is 15.1 Å². The molecular formula is C18H28N4O. The fraction of sp³-hybridized carbons (Fsp3) is 0.778. The van der Waals surface area contributed by atoms with Gasteiger partial charge in [-0.2, -0.15) is 5.10 Å². The van der Waals surface area contributed by atoms with Gasteiger partial charge in [0.05, 0.1) is 11.3 Å². The average Bonchev–Trinajstić information content (AvgIpc) is 2.93. The summed E-state index contributed by atoms with van der Waals surface area (Å²) in [6, 6.07) is 2.76. The van der Waals surface area contributed by atoms with Crippen molar-refractivity contribution in [3.8, 4) is 0 Å². The first-order valence-corrected chi connectivity index (χ1v) is 9.16. The Morgan fingerprint density at radius 3 is 2.74 bits per heavy atom. The molecular weight excluding hydrogens is 288 g/mol. The summed E-state index contributed by atoms with van der Waals surface area (Å²) in [6.45, 7) is 2.81. The van der Waals surface area contributed by atoms with Gasteiger partial charge in [0.15, 0.2) is 5.82 Å². The van der Waals surface area contributed by atoms with Crippen molar-refractivity contribution in [2.45, 2.75) is 63.0 Å². The third kappa shape index (κ3) is 3.09. The first-order valence-electron chi connectivity index (χ1n) is 9.16. The second-order valence-electron chi connectivity index (χ2n) is 7.79. The Bertz CT molecular complexity index is 564. The molecule has 0 aromatic carbocycles. The number of aromatic nitrogens is 2. The standard InChI is InChI=1S/C18H28N4O/c1-21(13-18(23)8-3-2-4-9-18)15-11-22(12-15)17-10-14-6-5-7-16(14)19-20-17/h10,15,23H,2-9,11-13H2,1H3. The normalized spacial score (nSPS) is 23.9. The Morgan fingerprint density at radius 2 is 1.96 bits per heavy atom. The molecule has 0 unspecified atom stereocenters. The molecule has 0 radical (unpaired) electrons. The summed E-state index contributed by atoms with van der Waals surface area (Å²) in [6.07, 6.45) is 9.01. The minimum atomic E-state index is -0.458. The average molecular weight is 316 g/mol. The number of rotatable bonds is 4. The van der Waals surface area contributed by atoms with Crippen LogP contribution in [0, 0.1) is 0 Å². The Hall–Kier alpha value is -1.20. The quantitative estimate of drug-likeness (QED) is 0.918. The zero-order chi connectivity index (χ0) is 15.9. The molecule has 2 heterocycles. The van der Waals surface area contributed by atoms with Crippen molar-refractivity contribution >= 4 is 5.82 Å². The summed E-state index contributed by atoms with van der Waals surface area (Å²) in [5.74, 6) is 1.03. The highest BCUT2D eigenvalue weighted by atomic mass is 16.3. The molecule has 1 saturated carbocycles. The topological polar surface area (TPSA) is 52.5 Å². The van der Waals surface area contributed by atoms with E-state index in [1.165, 1.54) is 36.9 Å². The number of nitrogens with zero attached hydrogens (tertiary/aromatic N) is 4. The van der Waals surface area contributed by atoms with Crippen molar-refractivity contribution in [2.24, 2.45) is 0 Å². The van der Waals surface area contributed by atoms with Gasteiger partial charge in [0.25, 0.3) is 0 Å². The van der Waals surface area contributed by atoms with Gasteiger partial charge in [-0.15, -0.1) is 5.10 Å². The van der Waals surface area contributed by atoms with Crippen molar-refractivity contribution in [1.29, 1.82) is 0 Å². The largest absolute Gasteiger partial charge is 0.389 e. The van der Waals surface area contributed by atoms with Crippen LogP contribution in [0.1, 0.15) is 49.8 Å². The summed E-state index contributed by atoms with van der Waals surface area (Å²) in [7, 11) is 2.16. The Labute approximate surface area is 138 Å². The summed E-state index contributed by atoms with van der Waals surface area (Å²) < 4.78 is 0. The Balaban J connectivity index is 1.32. The number of aryl methyl sites for hydroxylation is 2. The van der Waals surface area contributed by atoms with Crippen LogP contribution in [-0.4, -0.2) is 58.5 Å². The molecule has 1 saturated heterocycles. The summed E-state index contributed by atoms with van der Waals surface area (Å²) >= 11 is 0. The van der Waals surface area contributed by atoms with Gasteiger partial charge < -0.3 is 10.0 Å². The second-order valence-corrected chi connectivity index (χ2v) is 7.79. The number of hydrogen-bond acceptors (Lipinski definition) is 5. The van der Waals surface area contributed by atoms with E-state index < -0.39 is 5.60 Å². The van der Waals surface area contributed by atoms with Gasteiger partial charge in [-0.3, -0.25) is 4.90 Å². The van der Waals surface area contributed by atoms with E-state index in [9.17, 15) is 5.11 Å². The molecule has 2 fully saturated rings. The second kappa shape index (κ2) is 6.02. The van der Waals surface area contributed by atoms with Gasteiger partial charge in [-0.05, 0) is 50.8 Å². The lowest BCUT2D eigenvalue weighted by atomic mass is 9.84. The predicted octanol–water partition coefficient (Wildman–Crippen LogP) is 1.78. The van der Waals surface area contributed by atoms with Crippen molar-refractivity contribution in [3.63, 3.8) is 0 Å². The van der Waals surface area contributed by atoms with Crippen molar-refractivity contribution in [2.75, 3.05) is 31.6 Å². The van der Waals surface area contributed by atoms with Crippen LogP contribution < -0.4 is 4.90 Å². The minimum Gasteiger partial charge on any atom is -0.389 e. The maximum atomic E-state index is 10.7. The molecule has 4 rings (SSSR count). The lowest BCUT2D eigenvalue weighted by molar-refractivity contribution is -0.0316. The van der Waals surface area contributed by atoms with E-state index in [0.29, 0.717) is 6.04 Å². The first kappa shape index (κ1) is 15.3.